The van der Waals surface area contributed by atoms with Crippen LogP contribution in [0.5, 0.6) is 5.75 Å². The zero-order chi connectivity index (χ0) is 29.6. The zero-order valence-corrected chi connectivity index (χ0v) is 25.2. The van der Waals surface area contributed by atoms with Crippen molar-refractivity contribution in [2.45, 2.75) is 26.4 Å². The van der Waals surface area contributed by atoms with Crippen LogP contribution in [-0.2, 0) is 19.5 Å². The normalized spacial score (nSPS) is 13.7. The van der Waals surface area contributed by atoms with E-state index in [0.29, 0.717) is 38.5 Å². The number of amides is 1. The van der Waals surface area contributed by atoms with E-state index in [1.807, 2.05) is 53.6 Å². The molecule has 5 aromatic rings. The van der Waals surface area contributed by atoms with Crippen LogP contribution >= 0.6 is 11.3 Å². The number of thiazole rings is 1. The molecular weight excluding hydrogens is 561 g/mol. The number of rotatable bonds is 11. The fourth-order valence-corrected chi connectivity index (χ4v) is 6.47. The number of nitrogens with zero attached hydrogens (tertiary/aromatic N) is 4. The minimum Gasteiger partial charge on any atom is -0.492 e. The van der Waals surface area contributed by atoms with Gasteiger partial charge in [-0.05, 0) is 54.8 Å². The van der Waals surface area contributed by atoms with Gasteiger partial charge in [0.1, 0.15) is 22.3 Å². The van der Waals surface area contributed by atoms with Gasteiger partial charge >= 0.3 is 0 Å². The van der Waals surface area contributed by atoms with Crippen LogP contribution < -0.4 is 9.64 Å². The molecule has 0 atom stereocenters. The van der Waals surface area contributed by atoms with Crippen LogP contribution in [0, 0.1) is 5.82 Å². The van der Waals surface area contributed by atoms with Gasteiger partial charge in [-0.25, -0.2) is 9.37 Å². The molecule has 43 heavy (non-hydrogen) atoms. The summed E-state index contributed by atoms with van der Waals surface area (Å²) in [5.41, 5.74) is 5.00. The maximum absolute atomic E-state index is 13.6. The Bertz CT molecular complexity index is 1660. The molecule has 6 rings (SSSR count). The van der Waals surface area contributed by atoms with Gasteiger partial charge in [0, 0.05) is 61.7 Å². The first-order valence-electron chi connectivity index (χ1n) is 14.8. The molecule has 0 bridgehead atoms. The molecule has 1 N–H and O–H groups in total. The fraction of sp³-hybridized carbons (Fsp3) is 0.294. The summed E-state index contributed by atoms with van der Waals surface area (Å²) in [5, 5.41) is 4.01. The number of fused-ring (bicyclic) bond motifs is 1. The smallest absolute Gasteiger partial charge is 0.273 e. The maximum Gasteiger partial charge on any atom is 0.273 e. The van der Waals surface area contributed by atoms with E-state index in [-0.39, 0.29) is 11.7 Å². The second-order valence-electron chi connectivity index (χ2n) is 10.8. The van der Waals surface area contributed by atoms with Gasteiger partial charge in [-0.2, -0.15) is 0 Å². The number of nitrogens with one attached hydrogen (secondary N) is 1. The molecule has 9 heteroatoms. The Morgan fingerprint density at radius 3 is 2.58 bits per heavy atom. The summed E-state index contributed by atoms with van der Waals surface area (Å²) in [4.78, 5) is 28.0. The summed E-state index contributed by atoms with van der Waals surface area (Å²) < 4.78 is 19.4. The van der Waals surface area contributed by atoms with Crippen LogP contribution in [0.3, 0.4) is 0 Å². The molecule has 3 heterocycles. The van der Waals surface area contributed by atoms with Crippen molar-refractivity contribution in [1.29, 1.82) is 0 Å². The van der Waals surface area contributed by atoms with E-state index >= 15 is 0 Å². The SMILES string of the molecule is CCOc1ccccc1N1CCN(C(=O)c2csc(CN(CCc3c[nH]c4ccccc34)Cc3ccc(F)cc3)n2)CC1. The predicted molar refractivity (Wildman–Crippen MR) is 170 cm³/mol. The molecule has 1 aliphatic rings. The molecule has 1 fully saturated rings. The van der Waals surface area contributed by atoms with Crippen LogP contribution in [0.25, 0.3) is 10.9 Å². The van der Waals surface area contributed by atoms with Crippen molar-refractivity contribution in [2.24, 2.45) is 0 Å². The minimum absolute atomic E-state index is 0.0240. The number of para-hydroxylation sites is 3. The van der Waals surface area contributed by atoms with Gasteiger partial charge in [-0.1, -0.05) is 42.5 Å². The summed E-state index contributed by atoms with van der Waals surface area (Å²) in [7, 11) is 0. The average molecular weight is 598 g/mol. The van der Waals surface area contributed by atoms with Crippen molar-refractivity contribution in [1.82, 2.24) is 19.8 Å². The Labute approximate surface area is 255 Å². The topological polar surface area (TPSA) is 64.7 Å². The van der Waals surface area contributed by atoms with E-state index in [1.54, 1.807) is 0 Å². The Hall–Kier alpha value is -4.21. The number of halogens is 1. The molecule has 0 unspecified atom stereocenters. The number of aromatic amines is 1. The molecule has 0 spiro atoms. The highest BCUT2D eigenvalue weighted by Crippen LogP contribution is 2.29. The Kier molecular flexibility index (Phi) is 9.00. The van der Waals surface area contributed by atoms with E-state index in [4.69, 9.17) is 9.72 Å². The highest BCUT2D eigenvalue weighted by atomic mass is 32.1. The molecule has 0 saturated carbocycles. The number of anilines is 1. The molecule has 0 radical (unpaired) electrons. The quantitative estimate of drug-likeness (QED) is 0.192. The highest BCUT2D eigenvalue weighted by molar-refractivity contribution is 7.09. The highest BCUT2D eigenvalue weighted by Gasteiger charge is 2.25. The second kappa shape index (κ2) is 13.4. The largest absolute Gasteiger partial charge is 0.492 e. The van der Waals surface area contributed by atoms with Gasteiger partial charge in [-0.3, -0.25) is 9.69 Å². The number of ether oxygens (including phenoxy) is 1. The first kappa shape index (κ1) is 28.9. The second-order valence-corrected chi connectivity index (χ2v) is 11.7. The third-order valence-electron chi connectivity index (χ3n) is 7.89. The van der Waals surface area contributed by atoms with Crippen molar-refractivity contribution < 1.29 is 13.9 Å². The number of hydrogen-bond donors (Lipinski definition) is 1. The number of carbonyl (C=O) groups is 1. The monoisotopic (exact) mass is 597 g/mol. The molecule has 1 saturated heterocycles. The summed E-state index contributed by atoms with van der Waals surface area (Å²) >= 11 is 1.52. The van der Waals surface area contributed by atoms with Gasteiger partial charge < -0.3 is 19.5 Å². The Morgan fingerprint density at radius 1 is 1.00 bits per heavy atom. The molecule has 1 aliphatic heterocycles. The molecule has 1 amide bonds. The number of aromatic nitrogens is 2. The molecular formula is C34H36FN5O2S. The maximum atomic E-state index is 13.6. The van der Waals surface area contributed by atoms with Crippen LogP contribution in [0.4, 0.5) is 10.1 Å². The predicted octanol–water partition coefficient (Wildman–Crippen LogP) is 6.37. The minimum atomic E-state index is -0.239. The van der Waals surface area contributed by atoms with Gasteiger partial charge in [0.15, 0.2) is 0 Å². The number of piperazine rings is 1. The van der Waals surface area contributed by atoms with Crippen LogP contribution in [0.2, 0.25) is 0 Å². The van der Waals surface area contributed by atoms with E-state index < -0.39 is 0 Å². The van der Waals surface area contributed by atoms with Crippen LogP contribution in [0.1, 0.15) is 33.5 Å². The molecule has 2 aromatic heterocycles. The molecule has 0 aliphatic carbocycles. The van der Waals surface area contributed by atoms with Crippen LogP contribution in [-0.4, -0.2) is 65.0 Å². The summed E-state index contributed by atoms with van der Waals surface area (Å²) in [6, 6.07) is 23.1. The average Bonchev–Trinajstić information content (AvgIpc) is 3.68. The number of benzene rings is 3. The van der Waals surface area contributed by atoms with Crippen LogP contribution in [0.15, 0.2) is 84.4 Å². The lowest BCUT2D eigenvalue weighted by Crippen LogP contribution is -2.49. The molecule has 222 valence electrons. The molecule has 3 aromatic carbocycles. The third kappa shape index (κ3) is 6.89. The first-order valence-corrected chi connectivity index (χ1v) is 15.7. The fourth-order valence-electron chi connectivity index (χ4n) is 5.66. The zero-order valence-electron chi connectivity index (χ0n) is 24.3. The first-order chi connectivity index (χ1) is 21.1. The number of carbonyl (C=O) groups excluding carboxylic acids is 1. The summed E-state index contributed by atoms with van der Waals surface area (Å²) in [5.74, 6) is 0.615. The van der Waals surface area contributed by atoms with Crippen molar-refractivity contribution in [3.63, 3.8) is 0 Å². The third-order valence-corrected chi connectivity index (χ3v) is 8.73. The van der Waals surface area contributed by atoms with Gasteiger partial charge in [0.05, 0.1) is 18.8 Å². The number of H-pyrrole nitrogens is 1. The summed E-state index contributed by atoms with van der Waals surface area (Å²) in [6.07, 6.45) is 2.94. The Balaban J connectivity index is 1.10. The van der Waals surface area contributed by atoms with Crippen molar-refractivity contribution in [2.75, 3.05) is 44.2 Å². The van der Waals surface area contributed by atoms with E-state index in [0.717, 1.165) is 53.6 Å². The standard InChI is InChI=1S/C34H36FN5O2S/c1-2-42-32-10-6-5-9-31(32)39-17-19-40(20-18-39)34(41)30-24-43-33(37-30)23-38(22-25-11-13-27(35)14-12-25)16-15-26-21-36-29-8-4-3-7-28(26)29/h3-14,21,24,36H,2,15-20,22-23H2,1H3. The van der Waals surface area contributed by atoms with E-state index in [1.165, 1.54) is 34.4 Å². The molecule has 7 nitrogen and oxygen atoms in total. The lowest BCUT2D eigenvalue weighted by molar-refractivity contribution is 0.0741. The van der Waals surface area contributed by atoms with E-state index in [2.05, 4.69) is 45.2 Å². The Morgan fingerprint density at radius 2 is 1.77 bits per heavy atom. The van der Waals surface area contributed by atoms with Crippen molar-refractivity contribution >= 4 is 33.8 Å². The lowest BCUT2D eigenvalue weighted by atomic mass is 10.1. The summed E-state index contributed by atoms with van der Waals surface area (Å²) in [6.45, 7) is 7.43. The lowest BCUT2D eigenvalue weighted by Gasteiger charge is -2.36. The van der Waals surface area contributed by atoms with E-state index in [9.17, 15) is 9.18 Å². The van der Waals surface area contributed by atoms with Gasteiger partial charge in [-0.15, -0.1) is 11.3 Å². The van der Waals surface area contributed by atoms with Crippen molar-refractivity contribution in [3.05, 3.63) is 112 Å². The van der Waals surface area contributed by atoms with Crippen molar-refractivity contribution in [3.8, 4) is 5.75 Å². The van der Waals surface area contributed by atoms with Gasteiger partial charge in [0.25, 0.3) is 5.91 Å². The number of hydrogen-bond acceptors (Lipinski definition) is 6. The van der Waals surface area contributed by atoms with Gasteiger partial charge in [0.2, 0.25) is 0 Å².